The van der Waals surface area contributed by atoms with Crippen molar-refractivity contribution in [2.75, 3.05) is 50.7 Å². The Hall–Kier alpha value is -1.87. The Morgan fingerprint density at radius 1 is 1.32 bits per heavy atom. The molecule has 1 heterocycles. The van der Waals surface area contributed by atoms with Crippen LogP contribution in [-0.4, -0.2) is 73.4 Å². The Labute approximate surface area is 153 Å². The lowest BCUT2D eigenvalue weighted by molar-refractivity contribution is -0.125. The van der Waals surface area contributed by atoms with Gasteiger partial charge in [0.05, 0.1) is 19.3 Å². The second-order valence-electron chi connectivity index (χ2n) is 5.95. The Morgan fingerprint density at radius 3 is 2.52 bits per heavy atom. The van der Waals surface area contributed by atoms with Crippen LogP contribution in [0.5, 0.6) is 0 Å². The number of carbonyl (C=O) groups excluding carboxylic acids is 2. The number of piperazine rings is 1. The predicted octanol–water partition coefficient (Wildman–Crippen LogP) is 1.64. The fraction of sp³-hybridized carbons (Fsp3) is 0.500. The standard InChI is InChI=1S/C16H24N4O4.ClH/c1-12-10-18(2)8-9-19(12)11-15(21)20(23)14-6-4-13(5-7-14)17-16(22)24-3;/h4-7,12,23H,8-11H2,1-3H3,(H,17,22);1H. The van der Waals surface area contributed by atoms with E-state index in [2.05, 4.69) is 33.8 Å². The molecule has 1 aromatic rings. The Balaban J connectivity index is 0.00000312. The topological polar surface area (TPSA) is 85.3 Å². The van der Waals surface area contributed by atoms with Gasteiger partial charge in [0, 0.05) is 31.4 Å². The normalized spacial score (nSPS) is 18.2. The molecule has 1 aromatic carbocycles. The second-order valence-corrected chi connectivity index (χ2v) is 5.95. The van der Waals surface area contributed by atoms with Gasteiger partial charge >= 0.3 is 6.09 Å². The third-order valence-electron chi connectivity index (χ3n) is 4.09. The van der Waals surface area contributed by atoms with Crippen LogP contribution >= 0.6 is 12.4 Å². The van der Waals surface area contributed by atoms with Gasteiger partial charge in [-0.1, -0.05) is 0 Å². The van der Waals surface area contributed by atoms with Crippen molar-refractivity contribution >= 4 is 35.8 Å². The Morgan fingerprint density at radius 2 is 1.96 bits per heavy atom. The van der Waals surface area contributed by atoms with Crippen molar-refractivity contribution in [1.29, 1.82) is 0 Å². The molecule has 1 saturated heterocycles. The van der Waals surface area contributed by atoms with Gasteiger partial charge in [0.25, 0.3) is 5.91 Å². The number of hydrogen-bond donors (Lipinski definition) is 2. The number of nitrogens with zero attached hydrogens (tertiary/aromatic N) is 3. The molecule has 0 aromatic heterocycles. The van der Waals surface area contributed by atoms with Crippen molar-refractivity contribution < 1.29 is 19.5 Å². The first kappa shape index (κ1) is 21.2. The number of ether oxygens (including phenoxy) is 1. The first-order chi connectivity index (χ1) is 11.4. The number of hydroxylamine groups is 1. The zero-order valence-electron chi connectivity index (χ0n) is 14.6. The summed E-state index contributed by atoms with van der Waals surface area (Å²) in [7, 11) is 3.33. The first-order valence-corrected chi connectivity index (χ1v) is 7.80. The third kappa shape index (κ3) is 5.86. The fourth-order valence-electron chi connectivity index (χ4n) is 2.65. The summed E-state index contributed by atoms with van der Waals surface area (Å²) in [6.45, 7) is 4.81. The molecule has 0 spiro atoms. The van der Waals surface area contributed by atoms with Crippen LogP contribution in [0.2, 0.25) is 0 Å². The van der Waals surface area contributed by atoms with Crippen LogP contribution < -0.4 is 10.4 Å². The molecule has 2 N–H and O–H groups in total. The molecule has 8 nitrogen and oxygen atoms in total. The summed E-state index contributed by atoms with van der Waals surface area (Å²) in [5, 5.41) is 13.3. The maximum Gasteiger partial charge on any atom is 0.411 e. The number of amides is 2. The molecular weight excluding hydrogens is 348 g/mol. The molecule has 1 unspecified atom stereocenters. The quantitative estimate of drug-likeness (QED) is 0.617. The first-order valence-electron chi connectivity index (χ1n) is 7.80. The molecule has 0 aliphatic carbocycles. The number of hydrogen-bond acceptors (Lipinski definition) is 6. The Bertz CT molecular complexity index is 584. The zero-order valence-corrected chi connectivity index (χ0v) is 15.5. The average molecular weight is 373 g/mol. The molecule has 2 rings (SSSR count). The van der Waals surface area contributed by atoms with Crippen LogP contribution in [0.3, 0.4) is 0 Å². The summed E-state index contributed by atoms with van der Waals surface area (Å²) in [5.74, 6) is -0.389. The van der Waals surface area contributed by atoms with Gasteiger partial charge in [0.2, 0.25) is 0 Å². The van der Waals surface area contributed by atoms with Crippen LogP contribution in [0.15, 0.2) is 24.3 Å². The van der Waals surface area contributed by atoms with Crippen molar-refractivity contribution in [1.82, 2.24) is 9.80 Å². The van der Waals surface area contributed by atoms with Gasteiger partial charge in [0.1, 0.15) is 0 Å². The number of carbonyl (C=O) groups is 2. The number of methoxy groups -OCH3 is 1. The predicted molar refractivity (Wildman–Crippen MR) is 97.5 cm³/mol. The van der Waals surface area contributed by atoms with E-state index < -0.39 is 6.09 Å². The van der Waals surface area contributed by atoms with E-state index in [1.807, 2.05) is 0 Å². The molecule has 1 aliphatic rings. The molecule has 25 heavy (non-hydrogen) atoms. The van der Waals surface area contributed by atoms with Crippen LogP contribution in [-0.2, 0) is 9.53 Å². The lowest BCUT2D eigenvalue weighted by Crippen LogP contribution is -2.53. The van der Waals surface area contributed by atoms with Gasteiger partial charge in [-0.25, -0.2) is 4.79 Å². The van der Waals surface area contributed by atoms with E-state index >= 15 is 0 Å². The lowest BCUT2D eigenvalue weighted by atomic mass is 10.2. The van der Waals surface area contributed by atoms with Gasteiger partial charge < -0.3 is 9.64 Å². The molecule has 1 aliphatic heterocycles. The van der Waals surface area contributed by atoms with Crippen molar-refractivity contribution in [3.63, 3.8) is 0 Å². The zero-order chi connectivity index (χ0) is 17.7. The molecule has 2 amide bonds. The van der Waals surface area contributed by atoms with E-state index in [9.17, 15) is 14.8 Å². The van der Waals surface area contributed by atoms with Crippen LogP contribution in [0, 0.1) is 0 Å². The number of anilines is 2. The summed E-state index contributed by atoms with van der Waals surface area (Å²) in [6, 6.07) is 6.53. The van der Waals surface area contributed by atoms with E-state index in [1.165, 1.54) is 7.11 Å². The lowest BCUT2D eigenvalue weighted by Gasteiger charge is -2.38. The minimum Gasteiger partial charge on any atom is -0.453 e. The molecule has 0 radical (unpaired) electrons. The molecule has 1 atom stereocenters. The van der Waals surface area contributed by atoms with Gasteiger partial charge in [-0.15, -0.1) is 12.4 Å². The van der Waals surface area contributed by atoms with E-state index in [0.29, 0.717) is 16.4 Å². The van der Waals surface area contributed by atoms with E-state index in [1.54, 1.807) is 24.3 Å². The van der Waals surface area contributed by atoms with E-state index in [0.717, 1.165) is 19.6 Å². The summed E-state index contributed by atoms with van der Waals surface area (Å²) in [5.41, 5.74) is 0.858. The summed E-state index contributed by atoms with van der Waals surface area (Å²) < 4.78 is 4.50. The van der Waals surface area contributed by atoms with Gasteiger partial charge in [-0.2, -0.15) is 5.06 Å². The van der Waals surface area contributed by atoms with Crippen LogP contribution in [0.4, 0.5) is 16.2 Å². The van der Waals surface area contributed by atoms with Crippen molar-refractivity contribution in [3.05, 3.63) is 24.3 Å². The summed E-state index contributed by atoms with van der Waals surface area (Å²) in [4.78, 5) is 27.7. The summed E-state index contributed by atoms with van der Waals surface area (Å²) >= 11 is 0. The number of rotatable bonds is 4. The van der Waals surface area contributed by atoms with E-state index in [4.69, 9.17) is 0 Å². The van der Waals surface area contributed by atoms with Crippen LogP contribution in [0.1, 0.15) is 6.92 Å². The second kappa shape index (κ2) is 9.57. The molecule has 140 valence electrons. The van der Waals surface area contributed by atoms with Crippen molar-refractivity contribution in [2.24, 2.45) is 0 Å². The molecule has 1 fully saturated rings. The number of nitrogens with one attached hydrogen (secondary N) is 1. The highest BCUT2D eigenvalue weighted by Crippen LogP contribution is 2.18. The smallest absolute Gasteiger partial charge is 0.411 e. The number of benzene rings is 1. The van der Waals surface area contributed by atoms with Gasteiger partial charge in [0.15, 0.2) is 0 Å². The molecular formula is C16H25ClN4O4. The number of likely N-dealkylation sites (N-methyl/N-ethyl adjacent to an activating group) is 1. The highest BCUT2D eigenvalue weighted by molar-refractivity contribution is 5.93. The summed E-state index contributed by atoms with van der Waals surface area (Å²) in [6.07, 6.45) is -0.580. The van der Waals surface area contributed by atoms with Gasteiger partial charge in [-0.05, 0) is 38.2 Å². The van der Waals surface area contributed by atoms with Crippen molar-refractivity contribution in [3.8, 4) is 0 Å². The highest BCUT2D eigenvalue weighted by Gasteiger charge is 2.25. The minimum absolute atomic E-state index is 0. The maximum absolute atomic E-state index is 12.3. The monoisotopic (exact) mass is 372 g/mol. The molecule has 9 heteroatoms. The third-order valence-corrected chi connectivity index (χ3v) is 4.09. The minimum atomic E-state index is -0.580. The van der Waals surface area contributed by atoms with Crippen LogP contribution in [0.25, 0.3) is 0 Å². The SMILES string of the molecule is COC(=O)Nc1ccc(N(O)C(=O)CN2CCN(C)CC2C)cc1.Cl. The fourth-order valence-corrected chi connectivity index (χ4v) is 2.65. The average Bonchev–Trinajstić information content (AvgIpc) is 2.57. The number of halogens is 1. The Kier molecular flexibility index (Phi) is 8.11. The maximum atomic E-state index is 12.3. The highest BCUT2D eigenvalue weighted by atomic mass is 35.5. The molecule has 0 bridgehead atoms. The van der Waals surface area contributed by atoms with Crippen molar-refractivity contribution in [2.45, 2.75) is 13.0 Å². The molecule has 0 saturated carbocycles. The van der Waals surface area contributed by atoms with E-state index in [-0.39, 0.29) is 30.9 Å². The van der Waals surface area contributed by atoms with Gasteiger partial charge in [-0.3, -0.25) is 20.2 Å². The largest absolute Gasteiger partial charge is 0.453 e.